The summed E-state index contributed by atoms with van der Waals surface area (Å²) in [5.41, 5.74) is 0. The molecule has 1 N–H and O–H groups in total. The van der Waals surface area contributed by atoms with Gasteiger partial charge < -0.3 is 28.5 Å². The fraction of sp³-hybridized carbons (Fsp3) is 0.648. The van der Waals surface area contributed by atoms with E-state index in [4.69, 9.17) is 18.9 Å². The number of unbranched alkanes of at least 4 members (excludes halogenated alkanes) is 28. The van der Waals surface area contributed by atoms with Crippen molar-refractivity contribution in [1.82, 2.24) is 0 Å². The highest BCUT2D eigenvalue weighted by molar-refractivity contribution is 5.71. The number of nitrogens with zero attached hydrogens (tertiary/aromatic N) is 1. The Labute approximate surface area is 597 Å². The Kier molecular flexibility index (Phi) is 72.2. The number of quaternary nitrogens is 1. The van der Waals surface area contributed by atoms with E-state index < -0.39 is 24.3 Å². The van der Waals surface area contributed by atoms with Gasteiger partial charge in [-0.25, -0.2) is 4.79 Å². The van der Waals surface area contributed by atoms with Crippen molar-refractivity contribution in [1.29, 1.82) is 0 Å². The number of hydrogen-bond acceptors (Lipinski definition) is 7. The SMILES string of the molecule is CC/C=C\C/C=C\C/C=C\C/C=C\C/C=C\C/C=C\C/C=C\C/C=C\CCCCCCCCC(=O)OC(COC(=O)CCCCCCCCCCCCCCCCCCCCCCCC/C=C\C/C=C\C/C=C\C/C=C\C/C=C\C/C=C\CC)COC(OCC[N+](C)(C)C)C(=O)O. The molecule has 0 heterocycles. The van der Waals surface area contributed by atoms with Gasteiger partial charge in [0, 0.05) is 12.8 Å². The second-order valence-electron chi connectivity index (χ2n) is 26.9. The highest BCUT2D eigenvalue weighted by Crippen LogP contribution is 2.18. The molecule has 2 unspecified atom stereocenters. The van der Waals surface area contributed by atoms with Crippen LogP contribution in [-0.2, 0) is 33.3 Å². The number of ether oxygens (including phenoxy) is 4. The zero-order valence-corrected chi connectivity index (χ0v) is 62.9. The van der Waals surface area contributed by atoms with Crippen molar-refractivity contribution in [3.63, 3.8) is 0 Å². The van der Waals surface area contributed by atoms with Gasteiger partial charge in [0.1, 0.15) is 13.2 Å². The van der Waals surface area contributed by atoms with E-state index in [1.807, 2.05) is 21.1 Å². The summed E-state index contributed by atoms with van der Waals surface area (Å²) >= 11 is 0. The molecule has 0 aromatic carbocycles. The molecule has 97 heavy (non-hydrogen) atoms. The predicted octanol–water partition coefficient (Wildman–Crippen LogP) is 25.4. The minimum absolute atomic E-state index is 0.178. The van der Waals surface area contributed by atoms with Crippen molar-refractivity contribution in [2.45, 2.75) is 322 Å². The topological polar surface area (TPSA) is 108 Å². The van der Waals surface area contributed by atoms with Gasteiger partial charge in [0.15, 0.2) is 6.10 Å². The van der Waals surface area contributed by atoms with E-state index in [1.54, 1.807) is 0 Å². The molecule has 0 aliphatic carbocycles. The summed E-state index contributed by atoms with van der Waals surface area (Å²) in [6.45, 7) is 4.64. The maximum atomic E-state index is 13.0. The molecule has 0 bridgehead atoms. The average Bonchev–Trinajstić information content (AvgIpc) is 2.39. The standard InChI is InChI=1S/C88H145NO8/c1-6-8-10-12-14-16-18-20-22-24-26-28-30-32-34-36-38-39-40-41-42-43-44-45-46-47-49-50-52-54-56-58-60-62-64-66-68-70-72-74-76-78-85(90)95-82-84(83-96-88(87(92)93)94-81-80-89(3,4)5)97-86(91)79-77-75-73-71-69-67-65-63-61-59-57-55-53-51-48-37-35-33-31-29-27-25-23-21-19-17-15-13-11-9-7-2/h8-11,14-17,20-23,26-29,32-35,38-39,48,51,55,57,61,63,84,88H,6-7,12-13,18-19,24-25,30-31,36-37,40-47,49-50,52-54,56,58-60,62,64-83H2,1-5H3/p+1/b10-8-,11-9-,16-14-,17-15-,22-20-,23-21-,28-26-,29-27-,34-32-,35-33-,39-38-,51-48-,57-55-,63-61-. The minimum Gasteiger partial charge on any atom is -0.477 e. The van der Waals surface area contributed by atoms with E-state index in [0.717, 1.165) is 148 Å². The predicted molar refractivity (Wildman–Crippen MR) is 419 cm³/mol. The van der Waals surface area contributed by atoms with Crippen LogP contribution in [0.15, 0.2) is 170 Å². The first kappa shape index (κ1) is 91.6. The number of esters is 2. The quantitative estimate of drug-likeness (QED) is 0.0211. The van der Waals surface area contributed by atoms with Gasteiger partial charge in [0.25, 0.3) is 6.29 Å². The van der Waals surface area contributed by atoms with Crippen LogP contribution in [0.3, 0.4) is 0 Å². The molecule has 0 radical (unpaired) electrons. The molecular weight excluding hydrogens is 1200 g/mol. The van der Waals surface area contributed by atoms with Crippen molar-refractivity contribution < 1.29 is 42.9 Å². The highest BCUT2D eigenvalue weighted by Gasteiger charge is 2.25. The Morgan fingerprint density at radius 2 is 0.557 bits per heavy atom. The molecule has 0 aliphatic rings. The van der Waals surface area contributed by atoms with Crippen molar-refractivity contribution in [3.8, 4) is 0 Å². The Bertz CT molecular complexity index is 2210. The van der Waals surface area contributed by atoms with Gasteiger partial charge in [-0.05, 0) is 128 Å². The summed E-state index contributed by atoms with van der Waals surface area (Å²) < 4.78 is 23.0. The van der Waals surface area contributed by atoms with Gasteiger partial charge in [-0.3, -0.25) is 9.59 Å². The third-order valence-corrected chi connectivity index (χ3v) is 16.5. The van der Waals surface area contributed by atoms with Crippen molar-refractivity contribution >= 4 is 17.9 Å². The molecule has 0 spiro atoms. The van der Waals surface area contributed by atoms with E-state index in [1.165, 1.54) is 128 Å². The van der Waals surface area contributed by atoms with Gasteiger partial charge in [0.05, 0.1) is 34.4 Å². The number of rotatable bonds is 71. The van der Waals surface area contributed by atoms with E-state index in [-0.39, 0.29) is 32.2 Å². The van der Waals surface area contributed by atoms with Crippen LogP contribution in [0, 0.1) is 0 Å². The summed E-state index contributed by atoms with van der Waals surface area (Å²) in [4.78, 5) is 37.7. The Balaban J connectivity index is 4.07. The number of allylic oxidation sites excluding steroid dienone is 28. The molecule has 9 heteroatoms. The largest absolute Gasteiger partial charge is 0.477 e. The van der Waals surface area contributed by atoms with E-state index in [2.05, 4.69) is 184 Å². The second-order valence-corrected chi connectivity index (χ2v) is 26.9. The third-order valence-electron chi connectivity index (χ3n) is 16.5. The smallest absolute Gasteiger partial charge is 0.361 e. The number of hydrogen-bond donors (Lipinski definition) is 1. The lowest BCUT2D eigenvalue weighted by Gasteiger charge is -2.25. The number of likely N-dealkylation sites (N-methyl/N-ethyl adjacent to an activating group) is 1. The molecule has 0 saturated carbocycles. The van der Waals surface area contributed by atoms with Crippen LogP contribution in [0.2, 0.25) is 0 Å². The summed E-state index contributed by atoms with van der Waals surface area (Å²) in [5, 5.41) is 9.77. The average molecular weight is 1350 g/mol. The lowest BCUT2D eigenvalue weighted by atomic mass is 10.0. The molecular formula is C88H146NO8+. The summed E-state index contributed by atoms with van der Waals surface area (Å²) in [6.07, 6.45) is 112. The van der Waals surface area contributed by atoms with Crippen LogP contribution < -0.4 is 0 Å². The first-order valence-electron chi connectivity index (χ1n) is 39.3. The Morgan fingerprint density at radius 1 is 0.309 bits per heavy atom. The van der Waals surface area contributed by atoms with Gasteiger partial charge in [-0.2, -0.15) is 0 Å². The Hall–Kier alpha value is -5.35. The van der Waals surface area contributed by atoms with E-state index in [0.29, 0.717) is 23.9 Å². The van der Waals surface area contributed by atoms with E-state index >= 15 is 0 Å². The van der Waals surface area contributed by atoms with Gasteiger partial charge in [-0.1, -0.05) is 338 Å². The van der Waals surface area contributed by atoms with Crippen LogP contribution >= 0.6 is 0 Å². The fourth-order valence-electron chi connectivity index (χ4n) is 10.6. The monoisotopic (exact) mass is 1350 g/mol. The van der Waals surface area contributed by atoms with Crippen molar-refractivity contribution in [3.05, 3.63) is 170 Å². The molecule has 0 saturated heterocycles. The van der Waals surface area contributed by atoms with Crippen molar-refractivity contribution in [2.24, 2.45) is 0 Å². The molecule has 0 rings (SSSR count). The second kappa shape index (κ2) is 76.4. The first-order chi connectivity index (χ1) is 47.6. The van der Waals surface area contributed by atoms with Crippen LogP contribution in [0.1, 0.15) is 309 Å². The zero-order valence-electron chi connectivity index (χ0n) is 62.9. The summed E-state index contributed by atoms with van der Waals surface area (Å²) in [7, 11) is 5.97. The zero-order chi connectivity index (χ0) is 70.4. The number of carbonyl (C=O) groups is 3. The number of carboxylic acids is 1. The molecule has 2 atom stereocenters. The van der Waals surface area contributed by atoms with Gasteiger partial charge in [0.2, 0.25) is 0 Å². The molecule has 0 fully saturated rings. The molecule has 550 valence electrons. The lowest BCUT2D eigenvalue weighted by molar-refractivity contribution is -0.870. The van der Waals surface area contributed by atoms with Crippen LogP contribution in [0.4, 0.5) is 0 Å². The van der Waals surface area contributed by atoms with Gasteiger partial charge >= 0.3 is 17.9 Å². The minimum atomic E-state index is -1.52. The highest BCUT2D eigenvalue weighted by atomic mass is 16.7. The first-order valence-corrected chi connectivity index (χ1v) is 39.3. The third kappa shape index (κ3) is 77.9. The molecule has 0 aromatic heterocycles. The summed E-state index contributed by atoms with van der Waals surface area (Å²) in [5.74, 6) is -2.03. The van der Waals surface area contributed by atoms with Crippen LogP contribution in [0.5, 0.6) is 0 Å². The Morgan fingerprint density at radius 3 is 0.825 bits per heavy atom. The summed E-state index contributed by atoms with van der Waals surface area (Å²) in [6, 6.07) is 0. The maximum Gasteiger partial charge on any atom is 0.361 e. The van der Waals surface area contributed by atoms with E-state index in [9.17, 15) is 19.5 Å². The maximum absolute atomic E-state index is 13.0. The normalized spacial score (nSPS) is 13.6. The lowest BCUT2D eigenvalue weighted by Crippen LogP contribution is -2.40. The molecule has 0 aromatic rings. The fourth-order valence-corrected chi connectivity index (χ4v) is 10.6. The number of carbonyl (C=O) groups excluding carboxylic acids is 2. The number of aliphatic carboxylic acids is 1. The molecule has 0 aliphatic heterocycles. The van der Waals surface area contributed by atoms with Crippen molar-refractivity contribution in [2.75, 3.05) is 47.5 Å². The molecule has 9 nitrogen and oxygen atoms in total. The molecule has 0 amide bonds. The van der Waals surface area contributed by atoms with Crippen LogP contribution in [0.25, 0.3) is 0 Å². The van der Waals surface area contributed by atoms with Gasteiger partial charge in [-0.15, -0.1) is 0 Å². The van der Waals surface area contributed by atoms with Crippen LogP contribution in [-0.4, -0.2) is 87.4 Å². The number of carboxylic acid groups (broad SMARTS) is 1.